The van der Waals surface area contributed by atoms with Crippen LogP contribution in [0.3, 0.4) is 0 Å². The van der Waals surface area contributed by atoms with Crippen molar-refractivity contribution in [2.75, 3.05) is 19.8 Å². The van der Waals surface area contributed by atoms with Gasteiger partial charge in [-0.2, -0.15) is 0 Å². The maximum atomic E-state index is 10.6. The van der Waals surface area contributed by atoms with Crippen molar-refractivity contribution in [1.82, 2.24) is 5.32 Å². The van der Waals surface area contributed by atoms with Gasteiger partial charge in [0.05, 0.1) is 13.2 Å². The van der Waals surface area contributed by atoms with Crippen molar-refractivity contribution in [3.05, 3.63) is 0 Å². The summed E-state index contributed by atoms with van der Waals surface area (Å²) in [5.74, 6) is -0.215. The van der Waals surface area contributed by atoms with Gasteiger partial charge < -0.3 is 35.2 Å². The largest absolute Gasteiger partial charge is 0.394 e. The summed E-state index contributed by atoms with van der Waals surface area (Å²) in [4.78, 5) is 10.6. The Morgan fingerprint density at radius 2 is 1.94 bits per heavy atom. The Bertz CT molecular complexity index is 273. The number of rotatable bonds is 5. The van der Waals surface area contributed by atoms with Crippen LogP contribution in [0, 0.1) is 0 Å². The van der Waals surface area contributed by atoms with Gasteiger partial charge in [0.25, 0.3) is 0 Å². The summed E-state index contributed by atoms with van der Waals surface area (Å²) >= 11 is 0. The van der Waals surface area contributed by atoms with Gasteiger partial charge in [-0.25, -0.2) is 0 Å². The molecule has 1 rings (SSSR count). The number of carbonyl (C=O) groups excluding carboxylic acids is 1. The monoisotopic (exact) mass is 265 g/mol. The number of aliphatic hydroxyl groups excluding tert-OH is 4. The third kappa shape index (κ3) is 3.87. The molecule has 1 aliphatic heterocycles. The summed E-state index contributed by atoms with van der Waals surface area (Å²) in [6.45, 7) is 1.15. The third-order valence-corrected chi connectivity index (χ3v) is 2.61. The summed E-state index contributed by atoms with van der Waals surface area (Å²) in [5, 5.41) is 40.0. The van der Waals surface area contributed by atoms with Crippen molar-refractivity contribution in [3.8, 4) is 0 Å². The molecule has 0 bridgehead atoms. The number of ether oxygens (including phenoxy) is 2. The van der Waals surface area contributed by atoms with Crippen molar-refractivity contribution in [2.24, 2.45) is 0 Å². The molecule has 18 heavy (non-hydrogen) atoms. The zero-order valence-corrected chi connectivity index (χ0v) is 10.0. The molecule has 0 aromatic carbocycles. The normalized spacial score (nSPS) is 36.4. The van der Waals surface area contributed by atoms with E-state index in [2.05, 4.69) is 5.32 Å². The van der Waals surface area contributed by atoms with Crippen molar-refractivity contribution in [2.45, 2.75) is 37.6 Å². The van der Waals surface area contributed by atoms with Crippen molar-refractivity contribution in [1.29, 1.82) is 0 Å². The average Bonchev–Trinajstić information content (AvgIpc) is 2.34. The van der Waals surface area contributed by atoms with Crippen LogP contribution >= 0.6 is 0 Å². The molecule has 1 fully saturated rings. The maximum absolute atomic E-state index is 10.6. The van der Waals surface area contributed by atoms with Crippen molar-refractivity contribution >= 4 is 5.91 Å². The van der Waals surface area contributed by atoms with Crippen molar-refractivity contribution < 1.29 is 34.7 Å². The van der Waals surface area contributed by atoms with E-state index < -0.39 is 37.3 Å². The standard InChI is InChI=1S/C10H19NO7/c1-5(13)11-2-3-17-10-9(16)8(15)7(14)6(4-12)18-10/h6-10,12,14-16H,2-4H2,1H3,(H,11,13)/t6?,7-,8-,9-,10?/m0/s1. The Morgan fingerprint density at radius 3 is 2.50 bits per heavy atom. The highest BCUT2D eigenvalue weighted by Crippen LogP contribution is 2.21. The number of hydrogen-bond donors (Lipinski definition) is 5. The number of nitrogens with one attached hydrogen (secondary N) is 1. The van der Waals surface area contributed by atoms with Gasteiger partial charge >= 0.3 is 0 Å². The van der Waals surface area contributed by atoms with Crippen LogP contribution in [-0.4, -0.2) is 76.8 Å². The molecule has 8 heteroatoms. The summed E-state index contributed by atoms with van der Waals surface area (Å²) in [6, 6.07) is 0. The van der Waals surface area contributed by atoms with Crippen molar-refractivity contribution in [3.63, 3.8) is 0 Å². The summed E-state index contributed by atoms with van der Waals surface area (Å²) in [5.41, 5.74) is 0. The lowest BCUT2D eigenvalue weighted by Gasteiger charge is -2.39. The third-order valence-electron chi connectivity index (χ3n) is 2.61. The van der Waals surface area contributed by atoms with Crippen LogP contribution in [0.1, 0.15) is 6.92 Å². The molecular weight excluding hydrogens is 246 g/mol. The van der Waals surface area contributed by atoms with E-state index >= 15 is 0 Å². The Hall–Kier alpha value is -0.770. The first kappa shape index (κ1) is 15.3. The van der Waals surface area contributed by atoms with E-state index in [0.717, 1.165) is 0 Å². The minimum absolute atomic E-state index is 0.0717. The topological polar surface area (TPSA) is 128 Å². The van der Waals surface area contributed by atoms with Crippen LogP contribution in [0.25, 0.3) is 0 Å². The molecule has 106 valence electrons. The first-order valence-electron chi connectivity index (χ1n) is 5.64. The van der Waals surface area contributed by atoms with E-state index in [1.807, 2.05) is 0 Å². The molecule has 5 atom stereocenters. The highest BCUT2D eigenvalue weighted by atomic mass is 16.7. The van der Waals surface area contributed by atoms with Gasteiger partial charge in [0.15, 0.2) is 6.29 Å². The molecule has 8 nitrogen and oxygen atoms in total. The number of hydrogen-bond acceptors (Lipinski definition) is 7. The minimum Gasteiger partial charge on any atom is -0.394 e. The second kappa shape index (κ2) is 6.98. The van der Waals surface area contributed by atoms with Crippen LogP contribution < -0.4 is 5.32 Å². The molecule has 1 amide bonds. The lowest BCUT2D eigenvalue weighted by Crippen LogP contribution is -2.59. The van der Waals surface area contributed by atoms with Gasteiger partial charge in [-0.1, -0.05) is 0 Å². The van der Waals surface area contributed by atoms with Crippen LogP contribution in [0.5, 0.6) is 0 Å². The first-order chi connectivity index (χ1) is 8.47. The van der Waals surface area contributed by atoms with E-state index in [1.54, 1.807) is 0 Å². The highest BCUT2D eigenvalue weighted by molar-refractivity contribution is 5.72. The van der Waals surface area contributed by atoms with E-state index in [0.29, 0.717) is 0 Å². The Kier molecular flexibility index (Phi) is 5.93. The van der Waals surface area contributed by atoms with Crippen LogP contribution in [-0.2, 0) is 14.3 Å². The molecule has 0 spiro atoms. The van der Waals surface area contributed by atoms with Gasteiger partial charge in [0, 0.05) is 13.5 Å². The summed E-state index contributed by atoms with van der Waals surface area (Å²) in [7, 11) is 0. The highest BCUT2D eigenvalue weighted by Gasteiger charge is 2.43. The molecule has 0 aromatic rings. The fourth-order valence-corrected chi connectivity index (χ4v) is 1.61. The SMILES string of the molecule is CC(=O)NCCOC1OC(CO)[C@H](O)[C@H](O)[C@@H]1O. The Balaban J connectivity index is 2.41. The van der Waals surface area contributed by atoms with Crippen LogP contribution in [0.2, 0.25) is 0 Å². The first-order valence-corrected chi connectivity index (χ1v) is 5.64. The van der Waals surface area contributed by atoms with Gasteiger partial charge in [0.2, 0.25) is 5.91 Å². The van der Waals surface area contributed by atoms with Gasteiger partial charge in [0.1, 0.15) is 24.4 Å². The minimum atomic E-state index is -1.46. The van der Waals surface area contributed by atoms with Crippen LogP contribution in [0.15, 0.2) is 0 Å². The molecule has 1 saturated heterocycles. The molecular formula is C10H19NO7. The molecule has 0 aromatic heterocycles. The van der Waals surface area contributed by atoms with E-state index in [-0.39, 0.29) is 19.1 Å². The lowest BCUT2D eigenvalue weighted by molar-refractivity contribution is -0.300. The molecule has 2 unspecified atom stereocenters. The van der Waals surface area contributed by atoms with Gasteiger partial charge in [-0.05, 0) is 0 Å². The zero-order chi connectivity index (χ0) is 13.7. The molecule has 0 aliphatic carbocycles. The van der Waals surface area contributed by atoms with E-state index in [9.17, 15) is 20.1 Å². The molecule has 1 aliphatic rings. The zero-order valence-electron chi connectivity index (χ0n) is 10.0. The number of amides is 1. The average molecular weight is 265 g/mol. The predicted molar refractivity (Wildman–Crippen MR) is 58.4 cm³/mol. The number of carbonyl (C=O) groups is 1. The predicted octanol–water partition coefficient (Wildman–Crippen LogP) is -3.06. The van der Waals surface area contributed by atoms with Gasteiger partial charge in [-0.15, -0.1) is 0 Å². The van der Waals surface area contributed by atoms with E-state index in [4.69, 9.17) is 14.6 Å². The maximum Gasteiger partial charge on any atom is 0.216 e. The van der Waals surface area contributed by atoms with Crippen LogP contribution in [0.4, 0.5) is 0 Å². The summed E-state index contributed by atoms with van der Waals surface area (Å²) in [6.07, 6.45) is -6.43. The van der Waals surface area contributed by atoms with Gasteiger partial charge in [-0.3, -0.25) is 4.79 Å². The summed E-state index contributed by atoms with van der Waals surface area (Å²) < 4.78 is 10.2. The fourth-order valence-electron chi connectivity index (χ4n) is 1.61. The smallest absolute Gasteiger partial charge is 0.216 e. The quantitative estimate of drug-likeness (QED) is 0.334. The number of aliphatic hydroxyl groups is 4. The molecule has 0 saturated carbocycles. The molecule has 1 heterocycles. The Morgan fingerprint density at radius 1 is 1.28 bits per heavy atom. The fraction of sp³-hybridized carbons (Fsp3) is 0.900. The molecule has 5 N–H and O–H groups in total. The van der Waals surface area contributed by atoms with E-state index in [1.165, 1.54) is 6.92 Å². The molecule has 0 radical (unpaired) electrons. The lowest BCUT2D eigenvalue weighted by atomic mass is 9.99. The Labute approximate surface area is 104 Å². The second-order valence-electron chi connectivity index (χ2n) is 4.05. The second-order valence-corrected chi connectivity index (χ2v) is 4.05.